The molecule has 0 radical (unpaired) electrons. The van der Waals surface area contributed by atoms with Crippen LogP contribution >= 0.6 is 0 Å². The van der Waals surface area contributed by atoms with E-state index in [1.807, 2.05) is 26.0 Å². The number of amides is 3. The van der Waals surface area contributed by atoms with Gasteiger partial charge in [0.2, 0.25) is 11.8 Å². The molecule has 1 saturated heterocycles. The summed E-state index contributed by atoms with van der Waals surface area (Å²) < 4.78 is 0. The third-order valence-corrected chi connectivity index (χ3v) is 3.85. The Labute approximate surface area is 145 Å². The second kappa shape index (κ2) is 7.87. The SMILES string of the molecule is CC.CN1C(=O)CCC([N-]C(=O)C2=CC3CC3C=[C-]2)C1=O.[W+2]. The fourth-order valence-electron chi connectivity index (χ4n) is 2.44. The number of allylic oxidation sites excluding steroid dienone is 2. The molecular formula is C16H20N2O3W. The standard InChI is InChI=1S/C14H15N2O3.C2H6.W/c1-16-12(17)5-4-11(14(16)19)15-13(18)9-3-2-8-6-10(8)7-9;1-2;/h2,7-8,10-11H,4-6H2,1H3,(H,15,18);1-2H3;/q-1;;+2/p-1. The molecule has 0 bridgehead atoms. The van der Waals surface area contributed by atoms with Crippen LogP contribution in [0.4, 0.5) is 0 Å². The van der Waals surface area contributed by atoms with Crippen LogP contribution in [-0.4, -0.2) is 35.7 Å². The average molecular weight is 472 g/mol. The molecule has 1 saturated carbocycles. The van der Waals surface area contributed by atoms with E-state index in [0.717, 1.165) is 11.3 Å². The smallest absolute Gasteiger partial charge is 0.699 e. The van der Waals surface area contributed by atoms with Gasteiger partial charge in [0.25, 0.3) is 0 Å². The maximum absolute atomic E-state index is 12.0. The number of carbonyl (C=O) groups is 3. The molecular weight excluding hydrogens is 452 g/mol. The molecule has 2 fully saturated rings. The normalized spacial score (nSPS) is 28.6. The maximum atomic E-state index is 12.0. The Morgan fingerprint density at radius 3 is 2.64 bits per heavy atom. The van der Waals surface area contributed by atoms with E-state index in [9.17, 15) is 14.4 Å². The van der Waals surface area contributed by atoms with Crippen molar-refractivity contribution in [3.63, 3.8) is 0 Å². The molecule has 5 nitrogen and oxygen atoms in total. The van der Waals surface area contributed by atoms with E-state index in [1.54, 1.807) is 0 Å². The second-order valence-corrected chi connectivity index (χ2v) is 5.23. The molecule has 118 valence electrons. The predicted molar refractivity (Wildman–Crippen MR) is 78.0 cm³/mol. The van der Waals surface area contributed by atoms with Gasteiger partial charge in [0, 0.05) is 13.5 Å². The van der Waals surface area contributed by atoms with Crippen LogP contribution < -0.4 is 0 Å². The van der Waals surface area contributed by atoms with Crippen molar-refractivity contribution >= 4 is 17.7 Å². The number of piperidine rings is 1. The number of rotatable bonds is 2. The number of nitrogens with zero attached hydrogens (tertiary/aromatic N) is 2. The summed E-state index contributed by atoms with van der Waals surface area (Å²) in [6.45, 7) is 4.00. The molecule has 0 N–H and O–H groups in total. The number of hydrogen-bond donors (Lipinski definition) is 0. The molecule has 0 aromatic heterocycles. The largest absolute Gasteiger partial charge is 2.00 e. The van der Waals surface area contributed by atoms with Gasteiger partial charge in [-0.2, -0.15) is 17.7 Å². The summed E-state index contributed by atoms with van der Waals surface area (Å²) in [4.78, 5) is 36.2. The van der Waals surface area contributed by atoms with Crippen LogP contribution in [0, 0.1) is 17.9 Å². The molecule has 1 aliphatic heterocycles. The average Bonchev–Trinajstić information content (AvgIpc) is 3.28. The topological polar surface area (TPSA) is 68.6 Å². The van der Waals surface area contributed by atoms with Gasteiger partial charge >= 0.3 is 21.1 Å². The summed E-state index contributed by atoms with van der Waals surface area (Å²) in [6.07, 6.45) is 8.38. The Morgan fingerprint density at radius 1 is 1.32 bits per heavy atom. The third-order valence-electron chi connectivity index (χ3n) is 3.85. The van der Waals surface area contributed by atoms with E-state index in [4.69, 9.17) is 0 Å². The number of likely N-dealkylation sites (tertiary alicyclic amines) is 1. The molecule has 3 unspecified atom stereocenters. The summed E-state index contributed by atoms with van der Waals surface area (Å²) in [5.41, 5.74) is 0.450. The zero-order chi connectivity index (χ0) is 15.6. The fourth-order valence-corrected chi connectivity index (χ4v) is 2.44. The Balaban J connectivity index is 0.000000775. The van der Waals surface area contributed by atoms with Crippen LogP contribution in [-0.2, 0) is 35.4 Å². The third kappa shape index (κ3) is 3.95. The van der Waals surface area contributed by atoms with Gasteiger partial charge in [-0.15, -0.1) is 6.08 Å². The quantitative estimate of drug-likeness (QED) is 0.456. The van der Waals surface area contributed by atoms with Crippen LogP contribution in [0.2, 0.25) is 0 Å². The molecule has 0 spiro atoms. The second-order valence-electron chi connectivity index (χ2n) is 5.23. The zero-order valence-corrected chi connectivity index (χ0v) is 16.0. The minimum absolute atomic E-state index is 0. The van der Waals surface area contributed by atoms with Gasteiger partial charge < -0.3 is 10.1 Å². The van der Waals surface area contributed by atoms with E-state index in [2.05, 4.69) is 11.4 Å². The van der Waals surface area contributed by atoms with Gasteiger partial charge in [0.1, 0.15) is 0 Å². The Kier molecular flexibility index (Phi) is 6.73. The molecule has 3 atom stereocenters. The molecule has 22 heavy (non-hydrogen) atoms. The fraction of sp³-hybridized carbons (Fsp3) is 0.562. The molecule has 3 amide bonds. The van der Waals surface area contributed by atoms with Crippen LogP contribution in [0.3, 0.4) is 0 Å². The van der Waals surface area contributed by atoms with Gasteiger partial charge in [-0.3, -0.25) is 14.5 Å². The minimum atomic E-state index is -0.727. The summed E-state index contributed by atoms with van der Waals surface area (Å²) in [6, 6.07) is -0.727. The summed E-state index contributed by atoms with van der Waals surface area (Å²) in [5, 5.41) is 3.95. The summed E-state index contributed by atoms with van der Waals surface area (Å²) >= 11 is 0. The van der Waals surface area contributed by atoms with E-state index in [-0.39, 0.29) is 33.4 Å². The van der Waals surface area contributed by atoms with Crippen molar-refractivity contribution in [2.45, 2.75) is 39.2 Å². The molecule has 0 aromatic rings. The Hall–Kier alpha value is -1.22. The minimum Gasteiger partial charge on any atom is -0.699 e. The van der Waals surface area contributed by atoms with Crippen LogP contribution in [0.5, 0.6) is 0 Å². The monoisotopic (exact) mass is 472 g/mol. The van der Waals surface area contributed by atoms with Crippen molar-refractivity contribution in [3.8, 4) is 0 Å². The van der Waals surface area contributed by atoms with Gasteiger partial charge in [-0.25, -0.2) is 0 Å². The van der Waals surface area contributed by atoms with Crippen molar-refractivity contribution in [2.24, 2.45) is 11.8 Å². The molecule has 6 heteroatoms. The Bertz CT molecular complexity index is 527. The van der Waals surface area contributed by atoms with Gasteiger partial charge in [0.05, 0.1) is 0 Å². The van der Waals surface area contributed by atoms with E-state index >= 15 is 0 Å². The summed E-state index contributed by atoms with van der Waals surface area (Å²) in [7, 11) is 1.43. The maximum Gasteiger partial charge on any atom is 2.00 e. The zero-order valence-electron chi connectivity index (χ0n) is 13.0. The van der Waals surface area contributed by atoms with Gasteiger partial charge in [-0.05, 0) is 24.3 Å². The molecule has 0 aromatic carbocycles. The van der Waals surface area contributed by atoms with Crippen molar-refractivity contribution in [1.82, 2.24) is 4.90 Å². The van der Waals surface area contributed by atoms with E-state index in [0.29, 0.717) is 23.8 Å². The first-order chi connectivity index (χ1) is 10.1. The first-order valence-electron chi connectivity index (χ1n) is 7.43. The van der Waals surface area contributed by atoms with Crippen molar-refractivity contribution in [3.05, 3.63) is 29.1 Å². The number of fused-ring (bicyclic) bond motifs is 1. The number of imide groups is 1. The Morgan fingerprint density at radius 2 is 2.00 bits per heavy atom. The van der Waals surface area contributed by atoms with Gasteiger partial charge in [-0.1, -0.05) is 26.2 Å². The van der Waals surface area contributed by atoms with Crippen LogP contribution in [0.1, 0.15) is 33.1 Å². The number of likely N-dealkylation sites (N-methyl/N-ethyl adjacent to an activating group) is 1. The van der Waals surface area contributed by atoms with Gasteiger partial charge in [0.15, 0.2) is 0 Å². The molecule has 1 heterocycles. The summed E-state index contributed by atoms with van der Waals surface area (Å²) in [5.74, 6) is -0.0247. The number of hydrogen-bond acceptors (Lipinski definition) is 3. The number of carbonyl (C=O) groups excluding carboxylic acids is 3. The van der Waals surface area contributed by atoms with Crippen molar-refractivity contribution < 1.29 is 35.4 Å². The first kappa shape index (κ1) is 18.8. The predicted octanol–water partition coefficient (Wildman–Crippen LogP) is 1.99. The van der Waals surface area contributed by atoms with Crippen LogP contribution in [0.25, 0.3) is 5.32 Å². The first-order valence-corrected chi connectivity index (χ1v) is 7.43. The van der Waals surface area contributed by atoms with Crippen molar-refractivity contribution in [2.75, 3.05) is 7.05 Å². The van der Waals surface area contributed by atoms with E-state index in [1.165, 1.54) is 7.05 Å². The molecule has 3 rings (SSSR count). The molecule has 2 aliphatic carbocycles. The van der Waals surface area contributed by atoms with Crippen molar-refractivity contribution in [1.29, 1.82) is 0 Å². The van der Waals surface area contributed by atoms with Crippen LogP contribution in [0.15, 0.2) is 17.7 Å². The van der Waals surface area contributed by atoms with E-state index < -0.39 is 17.9 Å². The molecule has 3 aliphatic rings.